The average molecular weight is 667 g/mol. The predicted molar refractivity (Wildman–Crippen MR) is 172 cm³/mol. The molecule has 0 saturated heterocycles. The summed E-state index contributed by atoms with van der Waals surface area (Å²) >= 11 is 0. The summed E-state index contributed by atoms with van der Waals surface area (Å²) in [5, 5.41) is 18.4. The SMILES string of the molecule is CCCCCCCCCCCCCCCC(=O)OCC(COP(=O)(O)OCC[N+](C)(C)C)OC(=O)CCCC(O)C=CC(=O)O. The maximum Gasteiger partial charge on any atom is 0.472 e. The molecule has 0 aliphatic carbocycles. The van der Waals surface area contributed by atoms with Crippen LogP contribution in [0.3, 0.4) is 0 Å². The molecule has 0 aromatic heterocycles. The molecular formula is C32H61NO11P+. The van der Waals surface area contributed by atoms with Crippen LogP contribution in [0, 0.1) is 0 Å². The zero-order valence-corrected chi connectivity index (χ0v) is 29.1. The van der Waals surface area contributed by atoms with Gasteiger partial charge in [-0.15, -0.1) is 0 Å². The number of carboxylic acid groups (broad SMARTS) is 1. The van der Waals surface area contributed by atoms with Gasteiger partial charge < -0.3 is 29.1 Å². The van der Waals surface area contributed by atoms with Crippen LogP contribution >= 0.6 is 7.82 Å². The number of carbonyl (C=O) groups is 3. The van der Waals surface area contributed by atoms with Crippen molar-refractivity contribution >= 4 is 25.7 Å². The van der Waals surface area contributed by atoms with Gasteiger partial charge in [-0.05, 0) is 25.3 Å². The minimum Gasteiger partial charge on any atom is -0.478 e. The van der Waals surface area contributed by atoms with Gasteiger partial charge in [0, 0.05) is 18.9 Å². The first kappa shape index (κ1) is 43.2. The number of hydrogen-bond acceptors (Lipinski definition) is 9. The fourth-order valence-electron chi connectivity index (χ4n) is 4.30. The Morgan fingerprint density at radius 3 is 1.84 bits per heavy atom. The van der Waals surface area contributed by atoms with Crippen molar-refractivity contribution in [1.82, 2.24) is 0 Å². The van der Waals surface area contributed by atoms with Crippen molar-refractivity contribution < 1.29 is 57.1 Å². The number of aliphatic hydroxyl groups excluding tert-OH is 1. The number of quaternary nitrogens is 1. The Morgan fingerprint density at radius 1 is 0.778 bits per heavy atom. The lowest BCUT2D eigenvalue weighted by atomic mass is 10.0. The van der Waals surface area contributed by atoms with E-state index in [-0.39, 0.29) is 38.9 Å². The standard InChI is InChI=1S/C32H60NO11P/c1-5-6-7-8-9-10-11-12-13-14-15-16-17-20-31(37)41-26-29(27-43-45(39,40)42-25-24-33(2,3)4)44-32(38)21-18-19-28(34)22-23-30(35)36/h22-23,28-29,34H,5-21,24-27H2,1-4H3,(H-,35,36,39,40)/p+1. The number of ether oxygens (including phenoxy) is 2. The Kier molecular flexibility index (Phi) is 25.2. The molecule has 3 atom stereocenters. The molecule has 13 heteroatoms. The summed E-state index contributed by atoms with van der Waals surface area (Å²) in [5.41, 5.74) is 0. The minimum absolute atomic E-state index is 0.0332. The van der Waals surface area contributed by atoms with Crippen LogP contribution in [0.15, 0.2) is 12.2 Å². The molecule has 3 N–H and O–H groups in total. The number of aliphatic hydroxyl groups is 1. The number of rotatable bonds is 30. The lowest BCUT2D eigenvalue weighted by Crippen LogP contribution is -2.37. The number of hydrogen-bond donors (Lipinski definition) is 3. The number of carbonyl (C=O) groups excluding carboxylic acids is 2. The fraction of sp³-hybridized carbons (Fsp3) is 0.844. The van der Waals surface area contributed by atoms with Gasteiger partial charge in [0.1, 0.15) is 19.8 Å². The summed E-state index contributed by atoms with van der Waals surface area (Å²) in [6.07, 6.45) is 15.6. The highest BCUT2D eigenvalue weighted by molar-refractivity contribution is 7.47. The predicted octanol–water partition coefficient (Wildman–Crippen LogP) is 5.93. The number of nitrogens with zero attached hydrogens (tertiary/aromatic N) is 1. The Balaban J connectivity index is 4.52. The van der Waals surface area contributed by atoms with Gasteiger partial charge in [-0.25, -0.2) is 9.36 Å². The summed E-state index contributed by atoms with van der Waals surface area (Å²) < 4.78 is 33.5. The van der Waals surface area contributed by atoms with Crippen LogP contribution in [0.5, 0.6) is 0 Å². The van der Waals surface area contributed by atoms with Crippen molar-refractivity contribution in [2.24, 2.45) is 0 Å². The molecule has 0 rings (SSSR count). The summed E-state index contributed by atoms with van der Waals surface area (Å²) in [7, 11) is 1.25. The van der Waals surface area contributed by atoms with E-state index in [1.54, 1.807) is 0 Å². The second-order valence-electron chi connectivity index (χ2n) is 12.6. The van der Waals surface area contributed by atoms with E-state index in [0.29, 0.717) is 17.4 Å². The normalized spacial score (nSPS) is 14.6. The third-order valence-electron chi connectivity index (χ3n) is 6.99. The van der Waals surface area contributed by atoms with Gasteiger partial charge in [-0.1, -0.05) is 84.0 Å². The molecule has 3 unspecified atom stereocenters. The minimum atomic E-state index is -4.45. The van der Waals surface area contributed by atoms with Crippen LogP contribution < -0.4 is 0 Å². The Hall–Kier alpha value is -1.82. The third kappa shape index (κ3) is 30.6. The van der Waals surface area contributed by atoms with Gasteiger partial charge in [-0.3, -0.25) is 18.6 Å². The number of esters is 2. The van der Waals surface area contributed by atoms with E-state index in [1.807, 2.05) is 21.1 Å². The monoisotopic (exact) mass is 666 g/mol. The lowest BCUT2D eigenvalue weighted by molar-refractivity contribution is -0.870. The second-order valence-corrected chi connectivity index (χ2v) is 14.0. The van der Waals surface area contributed by atoms with E-state index in [1.165, 1.54) is 57.8 Å². The first-order valence-corrected chi connectivity index (χ1v) is 18.1. The highest BCUT2D eigenvalue weighted by Crippen LogP contribution is 2.43. The van der Waals surface area contributed by atoms with Crippen molar-refractivity contribution in [1.29, 1.82) is 0 Å². The van der Waals surface area contributed by atoms with E-state index in [0.717, 1.165) is 31.4 Å². The quantitative estimate of drug-likeness (QED) is 0.0273. The van der Waals surface area contributed by atoms with Crippen molar-refractivity contribution in [3.05, 3.63) is 12.2 Å². The molecular weight excluding hydrogens is 605 g/mol. The summed E-state index contributed by atoms with van der Waals surface area (Å²) in [4.78, 5) is 45.3. The van der Waals surface area contributed by atoms with Crippen molar-refractivity contribution in [2.45, 2.75) is 128 Å². The molecule has 0 aromatic rings. The number of phosphoric acid groups is 1. The molecule has 12 nitrogen and oxygen atoms in total. The molecule has 0 aliphatic rings. The molecule has 0 bridgehead atoms. The Labute approximate surface area is 270 Å². The molecule has 0 aromatic carbocycles. The molecule has 0 saturated carbocycles. The van der Waals surface area contributed by atoms with Crippen LogP contribution in [0.2, 0.25) is 0 Å². The molecule has 0 spiro atoms. The molecule has 0 aliphatic heterocycles. The second kappa shape index (κ2) is 26.3. The zero-order chi connectivity index (χ0) is 34.0. The number of aliphatic carboxylic acids is 1. The number of phosphoric ester groups is 1. The highest BCUT2D eigenvalue weighted by atomic mass is 31.2. The van der Waals surface area contributed by atoms with Crippen LogP contribution in [-0.2, 0) is 37.5 Å². The third-order valence-corrected chi connectivity index (χ3v) is 7.98. The van der Waals surface area contributed by atoms with E-state index in [4.69, 9.17) is 23.6 Å². The maximum atomic E-state index is 12.4. The molecule has 0 radical (unpaired) electrons. The highest BCUT2D eigenvalue weighted by Gasteiger charge is 2.27. The average Bonchev–Trinajstić information content (AvgIpc) is 2.95. The molecule has 45 heavy (non-hydrogen) atoms. The van der Waals surface area contributed by atoms with Gasteiger partial charge >= 0.3 is 25.7 Å². The summed E-state index contributed by atoms with van der Waals surface area (Å²) in [6, 6.07) is 0. The molecule has 0 heterocycles. The van der Waals surface area contributed by atoms with Crippen LogP contribution in [-0.4, -0.2) is 97.2 Å². The van der Waals surface area contributed by atoms with Gasteiger partial charge in [0.2, 0.25) is 0 Å². The number of likely N-dealkylation sites (N-methyl/N-ethyl adjacent to an activating group) is 1. The number of carboxylic acids is 1. The zero-order valence-electron chi connectivity index (χ0n) is 28.2. The van der Waals surface area contributed by atoms with Gasteiger partial charge in [0.15, 0.2) is 6.10 Å². The van der Waals surface area contributed by atoms with E-state index < -0.39 is 44.5 Å². The van der Waals surface area contributed by atoms with Crippen LogP contribution in [0.4, 0.5) is 0 Å². The largest absolute Gasteiger partial charge is 0.478 e. The Bertz CT molecular complexity index is 876. The Morgan fingerprint density at radius 2 is 1.31 bits per heavy atom. The first-order valence-electron chi connectivity index (χ1n) is 16.6. The van der Waals surface area contributed by atoms with E-state index in [2.05, 4.69) is 6.92 Å². The van der Waals surface area contributed by atoms with Crippen molar-refractivity contribution in [3.63, 3.8) is 0 Å². The molecule has 0 fully saturated rings. The smallest absolute Gasteiger partial charge is 0.472 e. The van der Waals surface area contributed by atoms with Gasteiger partial charge in [-0.2, -0.15) is 0 Å². The van der Waals surface area contributed by atoms with E-state index >= 15 is 0 Å². The van der Waals surface area contributed by atoms with Crippen molar-refractivity contribution in [2.75, 3.05) is 47.5 Å². The molecule has 0 amide bonds. The molecule has 264 valence electrons. The summed E-state index contributed by atoms with van der Waals surface area (Å²) in [5.74, 6) is -2.34. The summed E-state index contributed by atoms with van der Waals surface area (Å²) in [6.45, 7) is 1.77. The number of unbranched alkanes of at least 4 members (excludes halogenated alkanes) is 12. The topological polar surface area (TPSA) is 166 Å². The maximum absolute atomic E-state index is 12.4. The van der Waals surface area contributed by atoms with Crippen LogP contribution in [0.25, 0.3) is 0 Å². The van der Waals surface area contributed by atoms with E-state index in [9.17, 15) is 28.9 Å². The first-order chi connectivity index (χ1) is 21.2. The van der Waals surface area contributed by atoms with Crippen LogP contribution in [0.1, 0.15) is 116 Å². The van der Waals surface area contributed by atoms with Gasteiger partial charge in [0.05, 0.1) is 33.9 Å². The fourth-order valence-corrected chi connectivity index (χ4v) is 5.04. The lowest BCUT2D eigenvalue weighted by Gasteiger charge is -2.24. The van der Waals surface area contributed by atoms with Gasteiger partial charge in [0.25, 0.3) is 0 Å². The van der Waals surface area contributed by atoms with Crippen molar-refractivity contribution in [3.8, 4) is 0 Å².